The van der Waals surface area contributed by atoms with Gasteiger partial charge in [0.25, 0.3) is 0 Å². The summed E-state index contributed by atoms with van der Waals surface area (Å²) in [6, 6.07) is 0.637. The van der Waals surface area contributed by atoms with E-state index in [1.54, 1.807) is 45.2 Å². The molecular weight excluding hydrogens is 548 g/mol. The molecule has 0 saturated carbocycles. The van der Waals surface area contributed by atoms with Gasteiger partial charge in [-0.1, -0.05) is 6.08 Å². The van der Waals surface area contributed by atoms with Gasteiger partial charge < -0.3 is 46.2 Å². The van der Waals surface area contributed by atoms with Crippen molar-refractivity contribution in [3.8, 4) is 5.75 Å². The van der Waals surface area contributed by atoms with Crippen molar-refractivity contribution in [2.45, 2.75) is 43.7 Å². The highest BCUT2D eigenvalue weighted by Crippen LogP contribution is 2.53. The summed E-state index contributed by atoms with van der Waals surface area (Å²) in [5.74, 6) is -5.59. The number of alkyl carbamates (subject to hydrolysis) is 1. The van der Waals surface area contributed by atoms with E-state index in [0.29, 0.717) is 17.7 Å². The Hall–Kier alpha value is -3.91. The smallest absolute Gasteiger partial charge is 0.407 e. The Balaban J connectivity index is 1.83. The number of aliphatic hydroxyl groups is 4. The van der Waals surface area contributed by atoms with E-state index < -0.39 is 70.2 Å². The van der Waals surface area contributed by atoms with Gasteiger partial charge in [-0.15, -0.1) is 6.58 Å². The second-order valence-corrected chi connectivity index (χ2v) is 11.3. The number of anilines is 1. The topological polar surface area (TPSA) is 206 Å². The van der Waals surface area contributed by atoms with Gasteiger partial charge in [0.05, 0.1) is 23.8 Å². The van der Waals surface area contributed by atoms with Gasteiger partial charge >= 0.3 is 6.09 Å². The molecule has 1 aromatic rings. The minimum absolute atomic E-state index is 0.0150. The van der Waals surface area contributed by atoms with Crippen molar-refractivity contribution in [3.05, 3.63) is 58.1 Å². The van der Waals surface area contributed by atoms with Crippen molar-refractivity contribution < 1.29 is 44.7 Å². The number of allylic oxidation sites excluding steroid dienone is 1. The summed E-state index contributed by atoms with van der Waals surface area (Å²) in [4.78, 5) is 42.9. The molecule has 228 valence electrons. The number of carbonyl (C=O) groups excluding carboxylic acids is 3. The number of fused-ring (bicyclic) bond motifs is 3. The Morgan fingerprint density at radius 1 is 1.26 bits per heavy atom. The highest BCUT2D eigenvalue weighted by atomic mass is 16.5. The van der Waals surface area contributed by atoms with Crippen LogP contribution in [0.1, 0.15) is 34.3 Å². The van der Waals surface area contributed by atoms with Gasteiger partial charge in [0.1, 0.15) is 23.5 Å². The van der Waals surface area contributed by atoms with Gasteiger partial charge in [-0.25, -0.2) is 4.79 Å². The molecule has 13 heteroatoms. The second kappa shape index (κ2) is 11.4. The molecule has 1 aromatic carbocycles. The first kappa shape index (κ1) is 31.0. The van der Waals surface area contributed by atoms with Gasteiger partial charge in [0, 0.05) is 43.4 Å². The molecule has 4 rings (SSSR count). The SMILES string of the molecule is C=CCCOC(=O)NCc1cc(N(C)C)c2c(c1O)C(=O)C1=C(O)[C@]3(O)C(=O)C(C(N)O)=C(O)[C@@H](N(C)C)[C@@H]3C[C@@H]1C2. The van der Waals surface area contributed by atoms with Crippen LogP contribution in [0.4, 0.5) is 10.5 Å². The minimum Gasteiger partial charge on any atom is -0.510 e. The van der Waals surface area contributed by atoms with Gasteiger partial charge in [0.2, 0.25) is 5.78 Å². The van der Waals surface area contributed by atoms with E-state index in [1.807, 2.05) is 0 Å². The molecule has 1 unspecified atom stereocenters. The molecule has 3 aliphatic carbocycles. The number of nitrogens with zero attached hydrogens (tertiary/aromatic N) is 2. The van der Waals surface area contributed by atoms with Crippen molar-refractivity contribution in [3.63, 3.8) is 0 Å². The van der Waals surface area contributed by atoms with Crippen LogP contribution in [0, 0.1) is 11.8 Å². The normalized spacial score (nSPS) is 26.0. The van der Waals surface area contributed by atoms with E-state index in [-0.39, 0.29) is 42.7 Å². The molecule has 13 nitrogen and oxygen atoms in total. The van der Waals surface area contributed by atoms with Gasteiger partial charge in [-0.3, -0.25) is 14.5 Å². The fourth-order valence-electron chi connectivity index (χ4n) is 6.41. The fraction of sp³-hybridized carbons (Fsp3) is 0.483. The summed E-state index contributed by atoms with van der Waals surface area (Å²) in [6.45, 7) is 3.50. The van der Waals surface area contributed by atoms with Crippen molar-refractivity contribution in [2.24, 2.45) is 17.6 Å². The number of hydrogen-bond acceptors (Lipinski definition) is 12. The molecule has 42 heavy (non-hydrogen) atoms. The molecule has 0 spiro atoms. The molecule has 0 fully saturated rings. The molecule has 0 bridgehead atoms. The summed E-state index contributed by atoms with van der Waals surface area (Å²) in [5.41, 5.74) is 3.17. The van der Waals surface area contributed by atoms with Crippen molar-refractivity contribution in [2.75, 3.05) is 39.7 Å². The van der Waals surface area contributed by atoms with Crippen LogP contribution >= 0.6 is 0 Å². The molecule has 0 aliphatic heterocycles. The minimum atomic E-state index is -2.66. The number of nitrogens with one attached hydrogen (secondary N) is 1. The first-order valence-electron chi connectivity index (χ1n) is 13.5. The Morgan fingerprint density at radius 2 is 1.93 bits per heavy atom. The van der Waals surface area contributed by atoms with Gasteiger partial charge in [0.15, 0.2) is 11.4 Å². The number of phenols is 1. The molecular formula is C29H38N4O9. The zero-order chi connectivity index (χ0) is 31.3. The summed E-state index contributed by atoms with van der Waals surface area (Å²) in [6.07, 6.45) is -0.444. The quantitative estimate of drug-likeness (QED) is 0.128. The number of Topliss-reactive ketones (excluding diaryl/α,β-unsaturated/α-hetero) is 2. The summed E-state index contributed by atoms with van der Waals surface area (Å²) >= 11 is 0. The predicted octanol–water partition coefficient (Wildman–Crippen LogP) is 0.781. The maximum Gasteiger partial charge on any atom is 0.407 e. The van der Waals surface area contributed by atoms with Gasteiger partial charge in [-0.05, 0) is 50.9 Å². The number of benzene rings is 1. The maximum absolute atomic E-state index is 14.1. The van der Waals surface area contributed by atoms with Crippen molar-refractivity contribution in [1.82, 2.24) is 10.2 Å². The molecule has 0 saturated heterocycles. The van der Waals surface area contributed by atoms with Crippen LogP contribution in [0.3, 0.4) is 0 Å². The lowest BCUT2D eigenvalue weighted by molar-refractivity contribution is -0.148. The number of ketones is 2. The average Bonchev–Trinajstić information content (AvgIpc) is 2.89. The monoisotopic (exact) mass is 586 g/mol. The Kier molecular flexibility index (Phi) is 8.43. The van der Waals surface area contributed by atoms with Gasteiger partial charge in [-0.2, -0.15) is 0 Å². The molecule has 8 N–H and O–H groups in total. The van der Waals surface area contributed by atoms with E-state index in [2.05, 4.69) is 11.9 Å². The summed E-state index contributed by atoms with van der Waals surface area (Å²) in [5, 5.41) is 58.1. The van der Waals surface area contributed by atoms with Crippen LogP contribution < -0.4 is 16.0 Å². The Bertz CT molecular complexity index is 1400. The van der Waals surface area contributed by atoms with Crippen molar-refractivity contribution in [1.29, 1.82) is 0 Å². The lowest BCUT2D eigenvalue weighted by atomic mass is 9.58. The number of likely N-dealkylation sites (N-methyl/N-ethyl adjacent to an activating group) is 1. The van der Waals surface area contributed by atoms with E-state index in [1.165, 1.54) is 4.90 Å². The maximum atomic E-state index is 14.1. The zero-order valence-electron chi connectivity index (χ0n) is 24.0. The number of amides is 1. The standard InChI is InChI=1S/C29H38N4O9/c1-6-7-8-42-28(40)31-12-14-11-17(32(2)3)15-9-13-10-16-21(33(4)5)24(36)20(27(30)39)26(38)29(16,41)25(37)18(13)23(35)19(15)22(14)34/h6,11,13,16,21,27,34,36-37,39,41H,1,7-10,12,30H2,2-5H3,(H,31,40)/t13-,16-,21-,27?,29-/m0/s1. The third-order valence-electron chi connectivity index (χ3n) is 8.32. The average molecular weight is 587 g/mol. The van der Waals surface area contributed by atoms with E-state index in [4.69, 9.17) is 10.5 Å². The zero-order valence-corrected chi connectivity index (χ0v) is 24.0. The molecule has 5 atom stereocenters. The Morgan fingerprint density at radius 3 is 2.50 bits per heavy atom. The number of aromatic hydroxyl groups is 1. The first-order valence-corrected chi connectivity index (χ1v) is 13.5. The third kappa shape index (κ3) is 4.81. The Labute approximate surface area is 243 Å². The molecule has 0 aromatic heterocycles. The number of aliphatic hydroxyl groups excluding tert-OH is 3. The number of rotatable bonds is 8. The molecule has 3 aliphatic rings. The highest BCUT2D eigenvalue weighted by Gasteiger charge is 2.63. The molecule has 1 amide bonds. The lowest BCUT2D eigenvalue weighted by Crippen LogP contribution is -2.64. The van der Waals surface area contributed by atoms with E-state index >= 15 is 0 Å². The number of nitrogens with two attached hydrogens (primary N) is 1. The largest absolute Gasteiger partial charge is 0.510 e. The summed E-state index contributed by atoms with van der Waals surface area (Å²) < 4.78 is 5.04. The van der Waals surface area contributed by atoms with Crippen molar-refractivity contribution >= 4 is 23.3 Å². The number of ether oxygens (including phenoxy) is 1. The summed E-state index contributed by atoms with van der Waals surface area (Å²) in [7, 11) is 6.71. The second-order valence-electron chi connectivity index (χ2n) is 11.3. The number of phenolic OH excluding ortho intramolecular Hbond substituents is 1. The highest BCUT2D eigenvalue weighted by molar-refractivity contribution is 6.16. The van der Waals surface area contributed by atoms with E-state index in [9.17, 15) is 39.9 Å². The molecule has 0 heterocycles. The van der Waals surface area contributed by atoms with Crippen LogP contribution in [0.15, 0.2) is 41.4 Å². The van der Waals surface area contributed by atoms with Crippen LogP contribution in [-0.2, 0) is 22.5 Å². The van der Waals surface area contributed by atoms with Crippen LogP contribution in [0.2, 0.25) is 0 Å². The lowest BCUT2D eigenvalue weighted by Gasteiger charge is -2.50. The van der Waals surface area contributed by atoms with E-state index in [0.717, 1.165) is 0 Å². The number of hydrogen-bond donors (Lipinski definition) is 7. The predicted molar refractivity (Wildman–Crippen MR) is 152 cm³/mol. The van der Waals surface area contributed by atoms with Crippen LogP contribution in [0.5, 0.6) is 5.75 Å². The van der Waals surface area contributed by atoms with Crippen LogP contribution in [0.25, 0.3) is 0 Å². The van der Waals surface area contributed by atoms with Crippen LogP contribution in [-0.4, -0.2) is 101 Å². The first-order chi connectivity index (χ1) is 19.7. The third-order valence-corrected chi connectivity index (χ3v) is 8.32. The molecule has 0 radical (unpaired) electrons. The fourth-order valence-corrected chi connectivity index (χ4v) is 6.41. The number of carbonyl (C=O) groups is 3.